The van der Waals surface area contributed by atoms with Crippen LogP contribution >= 0.6 is 15.9 Å². The second-order valence-electron chi connectivity index (χ2n) is 2.95. The number of halogens is 1. The molecule has 0 aliphatic rings. The van der Waals surface area contributed by atoms with E-state index in [2.05, 4.69) is 15.9 Å². The second kappa shape index (κ2) is 3.98. The molecule has 4 heteroatoms. The van der Waals surface area contributed by atoms with Gasteiger partial charge < -0.3 is 15.3 Å². The van der Waals surface area contributed by atoms with Crippen LogP contribution in [0, 0.1) is 0 Å². The molecule has 1 aromatic rings. The average molecular weight is 247 g/mol. The molecular formula is C9H11BrO3. The molecule has 0 aliphatic heterocycles. The minimum atomic E-state index is -0.168. The van der Waals surface area contributed by atoms with Crippen molar-refractivity contribution in [3.63, 3.8) is 0 Å². The van der Waals surface area contributed by atoms with Crippen molar-refractivity contribution in [1.82, 2.24) is 0 Å². The first kappa shape index (κ1) is 10.3. The zero-order chi connectivity index (χ0) is 10.0. The summed E-state index contributed by atoms with van der Waals surface area (Å²) in [5, 5.41) is 27.3. The Kier molecular flexibility index (Phi) is 3.17. The van der Waals surface area contributed by atoms with E-state index in [1.165, 1.54) is 12.1 Å². The maximum absolute atomic E-state index is 9.22. The molecule has 72 valence electrons. The maximum Gasteiger partial charge on any atom is 0.158 e. The third kappa shape index (κ3) is 2.14. The van der Waals surface area contributed by atoms with E-state index in [4.69, 9.17) is 10.2 Å². The summed E-state index contributed by atoms with van der Waals surface area (Å²) < 4.78 is 0.685. The van der Waals surface area contributed by atoms with E-state index < -0.39 is 0 Å². The number of aliphatic hydroxyl groups is 1. The van der Waals surface area contributed by atoms with Crippen LogP contribution < -0.4 is 0 Å². The summed E-state index contributed by atoms with van der Waals surface area (Å²) in [5.74, 6) is -0.403. The maximum atomic E-state index is 9.22. The molecule has 1 aromatic carbocycles. The second-order valence-corrected chi connectivity index (χ2v) is 3.80. The number of benzene rings is 1. The van der Waals surface area contributed by atoms with Gasteiger partial charge in [-0.2, -0.15) is 0 Å². The van der Waals surface area contributed by atoms with Crippen LogP contribution in [-0.4, -0.2) is 21.9 Å². The summed E-state index contributed by atoms with van der Waals surface area (Å²) in [5.41, 5.74) is 0.776. The molecular weight excluding hydrogens is 236 g/mol. The highest BCUT2D eigenvalue weighted by Crippen LogP contribution is 2.34. The number of phenols is 2. The smallest absolute Gasteiger partial charge is 0.158 e. The molecule has 0 saturated heterocycles. The van der Waals surface area contributed by atoms with Gasteiger partial charge in [-0.15, -0.1) is 0 Å². The number of hydrogen-bond acceptors (Lipinski definition) is 3. The van der Waals surface area contributed by atoms with Crippen molar-refractivity contribution in [3.05, 3.63) is 22.2 Å². The molecule has 1 atom stereocenters. The van der Waals surface area contributed by atoms with Crippen molar-refractivity contribution in [1.29, 1.82) is 0 Å². The Labute approximate surface area is 84.8 Å². The van der Waals surface area contributed by atoms with E-state index in [0.717, 1.165) is 5.56 Å². The predicted molar refractivity (Wildman–Crippen MR) is 53.0 cm³/mol. The SMILES string of the molecule is CC(CO)c1cc(O)c(O)cc1Br. The van der Waals surface area contributed by atoms with Crippen molar-refractivity contribution in [2.75, 3.05) is 6.61 Å². The highest BCUT2D eigenvalue weighted by Gasteiger charge is 2.11. The van der Waals surface area contributed by atoms with Crippen molar-refractivity contribution in [2.24, 2.45) is 0 Å². The predicted octanol–water partition coefficient (Wildman–Crippen LogP) is 1.96. The van der Waals surface area contributed by atoms with Gasteiger partial charge >= 0.3 is 0 Å². The van der Waals surface area contributed by atoms with Gasteiger partial charge in [0, 0.05) is 17.0 Å². The summed E-state index contributed by atoms with van der Waals surface area (Å²) in [6, 6.07) is 2.86. The largest absolute Gasteiger partial charge is 0.504 e. The van der Waals surface area contributed by atoms with Crippen LogP contribution in [0.1, 0.15) is 18.4 Å². The highest BCUT2D eigenvalue weighted by molar-refractivity contribution is 9.10. The van der Waals surface area contributed by atoms with E-state index in [1.54, 1.807) is 0 Å². The van der Waals surface area contributed by atoms with Gasteiger partial charge in [0.05, 0.1) is 0 Å². The normalized spacial score (nSPS) is 12.8. The van der Waals surface area contributed by atoms with E-state index >= 15 is 0 Å². The monoisotopic (exact) mass is 246 g/mol. The highest BCUT2D eigenvalue weighted by atomic mass is 79.9. The van der Waals surface area contributed by atoms with Crippen molar-refractivity contribution in [2.45, 2.75) is 12.8 Å². The van der Waals surface area contributed by atoms with Gasteiger partial charge in [0.15, 0.2) is 11.5 Å². The molecule has 0 bridgehead atoms. The van der Waals surface area contributed by atoms with Crippen LogP contribution in [0.3, 0.4) is 0 Å². The number of phenolic OH excluding ortho intramolecular Hbond substituents is 2. The minimum absolute atomic E-state index is 0.00279. The molecule has 0 saturated carbocycles. The number of hydrogen-bond donors (Lipinski definition) is 3. The molecule has 1 rings (SSSR count). The van der Waals surface area contributed by atoms with Crippen LogP contribution in [0.2, 0.25) is 0 Å². The van der Waals surface area contributed by atoms with E-state index in [9.17, 15) is 5.11 Å². The molecule has 1 unspecified atom stereocenters. The van der Waals surface area contributed by atoms with Gasteiger partial charge in [-0.25, -0.2) is 0 Å². The third-order valence-electron chi connectivity index (χ3n) is 1.90. The van der Waals surface area contributed by atoms with Crippen LogP contribution in [0.15, 0.2) is 16.6 Å². The van der Waals surface area contributed by atoms with Gasteiger partial charge in [0.1, 0.15) is 0 Å². The van der Waals surface area contributed by atoms with Crippen LogP contribution in [0.5, 0.6) is 11.5 Å². The Hall–Kier alpha value is -0.740. The van der Waals surface area contributed by atoms with Crippen LogP contribution in [-0.2, 0) is 0 Å². The zero-order valence-electron chi connectivity index (χ0n) is 7.16. The third-order valence-corrected chi connectivity index (χ3v) is 2.59. The number of rotatable bonds is 2. The van der Waals surface area contributed by atoms with Gasteiger partial charge in [-0.3, -0.25) is 0 Å². The first-order valence-corrected chi connectivity index (χ1v) is 4.67. The van der Waals surface area contributed by atoms with Crippen LogP contribution in [0.25, 0.3) is 0 Å². The van der Waals surface area contributed by atoms with Gasteiger partial charge in [0.25, 0.3) is 0 Å². The Morgan fingerprint density at radius 1 is 1.31 bits per heavy atom. The molecule has 3 N–H and O–H groups in total. The first-order valence-electron chi connectivity index (χ1n) is 3.88. The lowest BCUT2D eigenvalue weighted by atomic mass is 10.0. The van der Waals surface area contributed by atoms with Crippen LogP contribution in [0.4, 0.5) is 0 Å². The molecule has 0 amide bonds. The number of aromatic hydroxyl groups is 2. The first-order chi connectivity index (χ1) is 6.06. The summed E-state index contributed by atoms with van der Waals surface area (Å²) in [4.78, 5) is 0. The minimum Gasteiger partial charge on any atom is -0.504 e. The fourth-order valence-electron chi connectivity index (χ4n) is 1.04. The topological polar surface area (TPSA) is 60.7 Å². The zero-order valence-corrected chi connectivity index (χ0v) is 8.74. The molecule has 0 aliphatic carbocycles. The Morgan fingerprint density at radius 3 is 2.38 bits per heavy atom. The lowest BCUT2D eigenvalue weighted by Crippen LogP contribution is -1.99. The summed E-state index contributed by atoms with van der Waals surface area (Å²) >= 11 is 3.24. The molecule has 0 fully saturated rings. The van der Waals surface area contributed by atoms with E-state index in [1.807, 2.05) is 6.92 Å². The molecule has 13 heavy (non-hydrogen) atoms. The molecule has 0 spiro atoms. The fourth-order valence-corrected chi connectivity index (χ4v) is 1.77. The Balaban J connectivity index is 3.15. The van der Waals surface area contributed by atoms with Gasteiger partial charge in [0.2, 0.25) is 0 Å². The van der Waals surface area contributed by atoms with Crippen molar-refractivity contribution < 1.29 is 15.3 Å². The fraction of sp³-hybridized carbons (Fsp3) is 0.333. The summed E-state index contributed by atoms with van der Waals surface area (Å²) in [6.45, 7) is 1.83. The molecule has 0 aromatic heterocycles. The van der Waals surface area contributed by atoms with E-state index in [0.29, 0.717) is 4.47 Å². The van der Waals surface area contributed by atoms with Crippen molar-refractivity contribution >= 4 is 15.9 Å². The lowest BCUT2D eigenvalue weighted by molar-refractivity contribution is 0.272. The number of aliphatic hydroxyl groups excluding tert-OH is 1. The average Bonchev–Trinajstić information content (AvgIpc) is 2.10. The van der Waals surface area contributed by atoms with E-state index in [-0.39, 0.29) is 24.0 Å². The quantitative estimate of drug-likeness (QED) is 0.700. The van der Waals surface area contributed by atoms with Crippen molar-refractivity contribution in [3.8, 4) is 11.5 Å². The lowest BCUT2D eigenvalue weighted by Gasteiger charge is -2.11. The molecule has 0 heterocycles. The standard InChI is InChI=1S/C9H11BrO3/c1-5(4-11)6-2-8(12)9(13)3-7(6)10/h2-3,5,11-13H,4H2,1H3. The van der Waals surface area contributed by atoms with Gasteiger partial charge in [-0.1, -0.05) is 22.9 Å². The molecule has 0 radical (unpaired) electrons. The summed E-state index contributed by atoms with van der Waals surface area (Å²) in [6.07, 6.45) is 0. The summed E-state index contributed by atoms with van der Waals surface area (Å²) in [7, 11) is 0. The van der Waals surface area contributed by atoms with Gasteiger partial charge in [-0.05, 0) is 17.7 Å². The molecule has 3 nitrogen and oxygen atoms in total. The Bertz CT molecular complexity index is 312. The Morgan fingerprint density at radius 2 is 1.85 bits per heavy atom.